The maximum atomic E-state index is 8.29. The molecule has 54 valence electrons. The van der Waals surface area contributed by atoms with Crippen LogP contribution < -0.4 is 5.43 Å². The van der Waals surface area contributed by atoms with E-state index in [1.807, 2.05) is 0 Å². The fourth-order valence-corrected chi connectivity index (χ4v) is 0.660. The number of benzene rings is 1. The van der Waals surface area contributed by atoms with Gasteiger partial charge in [-0.3, -0.25) is 0 Å². The predicted octanol–water partition coefficient (Wildman–Crippen LogP) is 2.52. The molecule has 0 saturated carbocycles. The molecule has 0 aromatic heterocycles. The molecule has 0 unspecified atom stereocenters. The highest BCUT2D eigenvalue weighted by Crippen LogP contribution is 2.15. The summed E-state index contributed by atoms with van der Waals surface area (Å²) in [7, 11) is 0. The molecule has 0 saturated heterocycles. The minimum absolute atomic E-state index is 0.452. The number of nitrogens with zero attached hydrogens (tertiary/aromatic N) is 4. The zero-order chi connectivity index (χ0) is 8.10. The fraction of sp³-hybridized carbons (Fsp3) is 0. The number of nitrogens with one attached hydrogen (secondary N) is 1. The van der Waals surface area contributed by atoms with Crippen molar-refractivity contribution in [3.8, 4) is 0 Å². The Morgan fingerprint density at radius 3 is 2.45 bits per heavy atom. The summed E-state index contributed by atoms with van der Waals surface area (Å²) >= 11 is 0. The summed E-state index contributed by atoms with van der Waals surface area (Å²) in [4.78, 5) is 0. The van der Waals surface area contributed by atoms with Gasteiger partial charge in [0, 0.05) is 5.69 Å². The molecule has 5 nitrogen and oxygen atoms in total. The Bertz CT molecular complexity index is 283. The van der Waals surface area contributed by atoms with Crippen LogP contribution in [0, 0.1) is 5.39 Å². The van der Waals surface area contributed by atoms with Crippen LogP contribution in [0.25, 0.3) is 10.6 Å². The monoisotopic (exact) mass is 147 g/mol. The molecule has 0 bridgehead atoms. The Balaban J connectivity index is 2.84. The molecular formula is C6H5N5. The first kappa shape index (κ1) is 7.15. The van der Waals surface area contributed by atoms with Gasteiger partial charge in [0.1, 0.15) is 5.69 Å². The highest BCUT2D eigenvalue weighted by molar-refractivity contribution is 5.51. The zero-order valence-electron chi connectivity index (χ0n) is 5.60. The van der Waals surface area contributed by atoms with Crippen LogP contribution in [0.3, 0.4) is 0 Å². The van der Waals surface area contributed by atoms with E-state index in [9.17, 15) is 0 Å². The van der Waals surface area contributed by atoms with Crippen LogP contribution in [0.1, 0.15) is 0 Å². The number of hydrogen-bond donors (Lipinski definition) is 1. The van der Waals surface area contributed by atoms with Crippen molar-refractivity contribution in [3.63, 3.8) is 0 Å². The highest BCUT2D eigenvalue weighted by atomic mass is 15.3. The van der Waals surface area contributed by atoms with Crippen molar-refractivity contribution in [1.29, 1.82) is 5.39 Å². The lowest BCUT2D eigenvalue weighted by atomic mass is 10.3. The van der Waals surface area contributed by atoms with Crippen molar-refractivity contribution in [2.45, 2.75) is 0 Å². The van der Waals surface area contributed by atoms with Crippen molar-refractivity contribution in [1.82, 2.24) is 0 Å². The third kappa shape index (κ3) is 1.72. The quantitative estimate of drug-likeness (QED) is 0.396. The molecule has 1 aromatic rings. The van der Waals surface area contributed by atoms with E-state index < -0.39 is 0 Å². The van der Waals surface area contributed by atoms with Crippen LogP contribution >= 0.6 is 0 Å². The molecule has 11 heavy (non-hydrogen) atoms. The number of hydrogen-bond acceptors (Lipinski definition) is 3. The second kappa shape index (κ2) is 3.27. The van der Waals surface area contributed by atoms with Crippen molar-refractivity contribution >= 4 is 11.4 Å². The van der Waals surface area contributed by atoms with Gasteiger partial charge in [-0.25, -0.2) is 0 Å². The van der Waals surface area contributed by atoms with Crippen LogP contribution in [-0.4, -0.2) is 0 Å². The Hall–Kier alpha value is -1.96. The van der Waals surface area contributed by atoms with Gasteiger partial charge in [0.05, 0.1) is 0 Å². The third-order valence-electron chi connectivity index (χ3n) is 1.16. The van der Waals surface area contributed by atoms with Gasteiger partial charge < -0.3 is 10.6 Å². The molecule has 0 fully saturated rings. The SMILES string of the molecule is N#[N+]Nc1ccc(N=[N-])cc1. The highest BCUT2D eigenvalue weighted by Gasteiger charge is 1.94. The van der Waals surface area contributed by atoms with Crippen molar-refractivity contribution in [2.24, 2.45) is 5.11 Å². The lowest BCUT2D eigenvalue weighted by Crippen LogP contribution is -1.80. The molecule has 0 spiro atoms. The minimum Gasteiger partial charge on any atom is -0.706 e. The third-order valence-corrected chi connectivity index (χ3v) is 1.16. The summed E-state index contributed by atoms with van der Waals surface area (Å²) in [5.74, 6) is 0. The normalized spacial score (nSPS) is 8.27. The van der Waals surface area contributed by atoms with Crippen molar-refractivity contribution in [2.75, 3.05) is 5.43 Å². The maximum absolute atomic E-state index is 8.29. The standard InChI is InChI=1S/C6H5N5/c7-9-5-1-3-6(4-2-5)10-11-8/h1-4,10H. The average molecular weight is 147 g/mol. The molecule has 0 radical (unpaired) electrons. The molecule has 1 rings (SSSR count). The number of diazo groups is 1. The van der Waals surface area contributed by atoms with Gasteiger partial charge in [-0.2, -0.15) is 0 Å². The lowest BCUT2D eigenvalue weighted by molar-refractivity contribution is 1.39. The molecule has 0 aliphatic heterocycles. The molecule has 0 aliphatic carbocycles. The molecule has 0 amide bonds. The first-order chi connectivity index (χ1) is 5.36. The molecule has 1 aromatic carbocycles. The van der Waals surface area contributed by atoms with Crippen LogP contribution in [0.2, 0.25) is 0 Å². The predicted molar refractivity (Wildman–Crippen MR) is 40.6 cm³/mol. The van der Waals surface area contributed by atoms with E-state index in [0.29, 0.717) is 11.4 Å². The van der Waals surface area contributed by atoms with Crippen molar-refractivity contribution < 1.29 is 0 Å². The van der Waals surface area contributed by atoms with Gasteiger partial charge in [0.15, 0.2) is 0 Å². The van der Waals surface area contributed by atoms with E-state index in [1.54, 1.807) is 24.3 Å². The zero-order valence-corrected chi connectivity index (χ0v) is 5.60. The molecule has 1 N–H and O–H groups in total. The van der Waals surface area contributed by atoms with Crippen LogP contribution in [0.5, 0.6) is 0 Å². The van der Waals surface area contributed by atoms with Gasteiger partial charge in [0.2, 0.25) is 0 Å². The molecule has 5 heteroatoms. The van der Waals surface area contributed by atoms with Gasteiger partial charge in [-0.1, -0.05) is 0 Å². The van der Waals surface area contributed by atoms with Gasteiger partial charge in [0.25, 0.3) is 5.39 Å². The first-order valence-electron chi connectivity index (χ1n) is 2.92. The summed E-state index contributed by atoms with van der Waals surface area (Å²) in [6.07, 6.45) is 0. The largest absolute Gasteiger partial charge is 0.706 e. The smallest absolute Gasteiger partial charge is 0.308 e. The van der Waals surface area contributed by atoms with Gasteiger partial charge >= 0.3 is 5.08 Å². The topological polar surface area (TPSA) is 74.8 Å². The summed E-state index contributed by atoms with van der Waals surface area (Å²) in [6.45, 7) is 0. The van der Waals surface area contributed by atoms with Crippen LogP contribution in [-0.2, 0) is 0 Å². The molecular weight excluding hydrogens is 142 g/mol. The van der Waals surface area contributed by atoms with E-state index in [-0.39, 0.29) is 0 Å². The Morgan fingerprint density at radius 2 is 2.00 bits per heavy atom. The second-order valence-electron chi connectivity index (χ2n) is 1.86. The summed E-state index contributed by atoms with van der Waals surface area (Å²) in [5, 5.41) is 13.8. The maximum Gasteiger partial charge on any atom is 0.308 e. The van der Waals surface area contributed by atoms with Gasteiger partial charge in [-0.15, -0.1) is 0 Å². The van der Waals surface area contributed by atoms with E-state index >= 15 is 0 Å². The number of rotatable bonds is 2. The Morgan fingerprint density at radius 1 is 1.36 bits per heavy atom. The summed E-state index contributed by atoms with van der Waals surface area (Å²) in [5.41, 5.74) is 11.7. The minimum atomic E-state index is 0.452. The van der Waals surface area contributed by atoms with E-state index in [2.05, 4.69) is 15.6 Å². The molecule has 0 atom stereocenters. The Labute approximate surface area is 63.1 Å². The van der Waals surface area contributed by atoms with E-state index in [0.717, 1.165) is 0 Å². The summed E-state index contributed by atoms with van der Waals surface area (Å²) < 4.78 is 0. The lowest BCUT2D eigenvalue weighted by Gasteiger charge is -1.94. The van der Waals surface area contributed by atoms with E-state index in [1.165, 1.54) is 0 Å². The van der Waals surface area contributed by atoms with Crippen LogP contribution in [0.15, 0.2) is 29.4 Å². The molecule has 0 heterocycles. The van der Waals surface area contributed by atoms with Crippen LogP contribution in [0.4, 0.5) is 11.4 Å². The fourth-order valence-electron chi connectivity index (χ4n) is 0.660. The van der Waals surface area contributed by atoms with Crippen molar-refractivity contribution in [3.05, 3.63) is 34.9 Å². The second-order valence-corrected chi connectivity index (χ2v) is 1.86. The molecule has 0 aliphatic rings. The summed E-state index contributed by atoms with van der Waals surface area (Å²) in [6, 6.07) is 6.39. The number of anilines is 1. The Kier molecular flexibility index (Phi) is 2.13. The average Bonchev–Trinajstić information content (AvgIpc) is 2.07. The first-order valence-corrected chi connectivity index (χ1v) is 2.92. The van der Waals surface area contributed by atoms with Gasteiger partial charge in [-0.05, 0) is 29.7 Å². The van der Waals surface area contributed by atoms with E-state index in [4.69, 9.17) is 10.9 Å².